The van der Waals surface area contributed by atoms with E-state index in [0.29, 0.717) is 0 Å². The molecule has 7 nitrogen and oxygen atoms in total. The quantitative estimate of drug-likeness (QED) is 0.416. The minimum Gasteiger partial charge on any atom is -0.479 e. The van der Waals surface area contributed by atoms with Crippen molar-refractivity contribution in [1.82, 2.24) is 5.32 Å². The molecule has 0 bridgehead atoms. The predicted octanol–water partition coefficient (Wildman–Crippen LogP) is -1.14. The third kappa shape index (κ3) is 5.30. The van der Waals surface area contributed by atoms with Crippen LogP contribution in [0.4, 0.5) is 0 Å². The van der Waals surface area contributed by atoms with Crippen LogP contribution in [-0.2, 0) is 19.1 Å². The summed E-state index contributed by atoms with van der Waals surface area (Å²) in [5, 5.41) is 10.7. The fourth-order valence-electron chi connectivity index (χ4n) is 0.802. The lowest BCUT2D eigenvalue weighted by Crippen LogP contribution is -2.50. The summed E-state index contributed by atoms with van der Waals surface area (Å²) in [6.07, 6.45) is 0. The molecule has 0 aromatic carbocycles. The van der Waals surface area contributed by atoms with Crippen molar-refractivity contribution in [3.05, 3.63) is 0 Å². The molecule has 0 heterocycles. The van der Waals surface area contributed by atoms with E-state index in [4.69, 9.17) is 15.6 Å². The Kier molecular flexibility index (Phi) is 4.90. The van der Waals surface area contributed by atoms with Gasteiger partial charge in [-0.2, -0.15) is 0 Å². The molecule has 1 amide bonds. The van der Waals surface area contributed by atoms with Crippen LogP contribution in [0.25, 0.3) is 0 Å². The molecule has 16 heavy (non-hydrogen) atoms. The number of esters is 1. The Balaban J connectivity index is 4.61. The first-order valence-corrected chi connectivity index (χ1v) is 4.62. The Morgan fingerprint density at radius 2 is 1.88 bits per heavy atom. The molecular weight excluding hydrogens is 216 g/mol. The van der Waals surface area contributed by atoms with Crippen LogP contribution in [0.1, 0.15) is 20.8 Å². The third-order valence-electron chi connectivity index (χ3n) is 1.38. The fourth-order valence-corrected chi connectivity index (χ4v) is 0.802. The topological polar surface area (TPSA) is 119 Å². The second-order valence-corrected chi connectivity index (χ2v) is 4.08. The SMILES string of the molecule is CC(C)(C)OC(=O)C(NC(=O)CN)C(=O)O. The molecule has 0 fully saturated rings. The van der Waals surface area contributed by atoms with Crippen molar-refractivity contribution in [3.63, 3.8) is 0 Å². The predicted molar refractivity (Wildman–Crippen MR) is 54.5 cm³/mol. The molecule has 0 spiro atoms. The van der Waals surface area contributed by atoms with E-state index in [9.17, 15) is 14.4 Å². The standard InChI is InChI=1S/C9H16N2O5/c1-9(2,3)16-8(15)6(7(13)14)11-5(12)4-10/h6H,4,10H2,1-3H3,(H,11,12)(H,13,14). The number of rotatable bonds is 4. The van der Waals surface area contributed by atoms with Crippen molar-refractivity contribution in [1.29, 1.82) is 0 Å². The molecule has 0 rings (SSSR count). The first-order chi connectivity index (χ1) is 7.17. The maximum atomic E-state index is 11.4. The summed E-state index contributed by atoms with van der Waals surface area (Å²) in [4.78, 5) is 33.0. The molecule has 4 N–H and O–H groups in total. The third-order valence-corrected chi connectivity index (χ3v) is 1.38. The van der Waals surface area contributed by atoms with Gasteiger partial charge in [0.25, 0.3) is 0 Å². The summed E-state index contributed by atoms with van der Waals surface area (Å²) in [6.45, 7) is 4.38. The van der Waals surface area contributed by atoms with Gasteiger partial charge in [0, 0.05) is 0 Å². The van der Waals surface area contributed by atoms with Crippen LogP contribution < -0.4 is 11.1 Å². The van der Waals surface area contributed by atoms with Crippen LogP contribution in [-0.4, -0.2) is 41.1 Å². The molecule has 0 aliphatic rings. The van der Waals surface area contributed by atoms with E-state index in [-0.39, 0.29) is 0 Å². The highest BCUT2D eigenvalue weighted by Gasteiger charge is 2.32. The normalized spacial score (nSPS) is 12.8. The van der Waals surface area contributed by atoms with Gasteiger partial charge in [0.2, 0.25) is 11.9 Å². The van der Waals surface area contributed by atoms with Gasteiger partial charge < -0.3 is 20.9 Å². The Bertz CT molecular complexity index is 295. The van der Waals surface area contributed by atoms with Crippen molar-refractivity contribution < 1.29 is 24.2 Å². The number of nitrogens with two attached hydrogens (primary N) is 1. The average Bonchev–Trinajstić information content (AvgIpc) is 2.09. The number of amides is 1. The van der Waals surface area contributed by atoms with E-state index in [1.807, 2.05) is 5.32 Å². The highest BCUT2D eigenvalue weighted by molar-refractivity contribution is 6.01. The van der Waals surface area contributed by atoms with Gasteiger partial charge in [0.1, 0.15) is 5.60 Å². The molecule has 0 aromatic rings. The molecular formula is C9H16N2O5. The van der Waals surface area contributed by atoms with Gasteiger partial charge in [-0.05, 0) is 20.8 Å². The molecule has 0 aliphatic carbocycles. The number of carboxylic acid groups (broad SMARTS) is 1. The summed E-state index contributed by atoms with van der Waals surface area (Å²) in [5.74, 6) is -3.25. The minimum atomic E-state index is -1.73. The number of carbonyl (C=O) groups is 3. The second-order valence-electron chi connectivity index (χ2n) is 4.08. The number of aliphatic carboxylic acids is 1. The van der Waals surface area contributed by atoms with E-state index < -0.39 is 36.0 Å². The molecule has 1 unspecified atom stereocenters. The molecule has 7 heteroatoms. The highest BCUT2D eigenvalue weighted by Crippen LogP contribution is 2.08. The number of ether oxygens (including phenoxy) is 1. The first kappa shape index (κ1) is 14.4. The van der Waals surface area contributed by atoms with E-state index in [1.165, 1.54) is 0 Å². The smallest absolute Gasteiger partial charge is 0.340 e. The van der Waals surface area contributed by atoms with E-state index in [0.717, 1.165) is 0 Å². The first-order valence-electron chi connectivity index (χ1n) is 4.62. The highest BCUT2D eigenvalue weighted by atomic mass is 16.6. The van der Waals surface area contributed by atoms with Gasteiger partial charge in [0.15, 0.2) is 0 Å². The lowest BCUT2D eigenvalue weighted by atomic mass is 10.2. The van der Waals surface area contributed by atoms with Crippen molar-refractivity contribution >= 4 is 17.8 Å². The Hall–Kier alpha value is -1.63. The van der Waals surface area contributed by atoms with E-state index in [2.05, 4.69) is 0 Å². The number of carboxylic acids is 1. The lowest BCUT2D eigenvalue weighted by Gasteiger charge is -2.22. The zero-order valence-corrected chi connectivity index (χ0v) is 9.44. The molecule has 92 valence electrons. The Morgan fingerprint density at radius 3 is 2.19 bits per heavy atom. The number of hydrogen-bond donors (Lipinski definition) is 3. The number of hydrogen-bond acceptors (Lipinski definition) is 5. The molecule has 0 aromatic heterocycles. The second kappa shape index (κ2) is 5.45. The summed E-state index contributed by atoms with van der Waals surface area (Å²) in [6, 6.07) is -1.73. The van der Waals surface area contributed by atoms with Crippen LogP contribution in [0.5, 0.6) is 0 Å². The van der Waals surface area contributed by atoms with Crippen molar-refractivity contribution in [3.8, 4) is 0 Å². The minimum absolute atomic E-state index is 0.396. The van der Waals surface area contributed by atoms with E-state index in [1.54, 1.807) is 20.8 Å². The van der Waals surface area contributed by atoms with Crippen molar-refractivity contribution in [2.24, 2.45) is 5.73 Å². The molecule has 0 aliphatic heterocycles. The van der Waals surface area contributed by atoms with Gasteiger partial charge in [-0.3, -0.25) is 4.79 Å². The number of nitrogens with one attached hydrogen (secondary N) is 1. The summed E-state index contributed by atoms with van der Waals surface area (Å²) in [5.41, 5.74) is 4.17. The van der Waals surface area contributed by atoms with Crippen LogP contribution in [0, 0.1) is 0 Å². The Morgan fingerprint density at radius 1 is 1.38 bits per heavy atom. The Labute approximate surface area is 92.9 Å². The zero-order valence-electron chi connectivity index (χ0n) is 9.44. The van der Waals surface area contributed by atoms with E-state index >= 15 is 0 Å². The van der Waals surface area contributed by atoms with Crippen LogP contribution in [0.3, 0.4) is 0 Å². The summed E-state index contributed by atoms with van der Waals surface area (Å²) < 4.78 is 4.83. The van der Waals surface area contributed by atoms with Crippen LogP contribution in [0.15, 0.2) is 0 Å². The summed E-state index contributed by atoms with van der Waals surface area (Å²) in [7, 11) is 0. The lowest BCUT2D eigenvalue weighted by molar-refractivity contribution is -0.164. The van der Waals surface area contributed by atoms with Crippen molar-refractivity contribution in [2.45, 2.75) is 32.4 Å². The molecule has 0 saturated heterocycles. The van der Waals surface area contributed by atoms with Gasteiger partial charge >= 0.3 is 11.9 Å². The van der Waals surface area contributed by atoms with Gasteiger partial charge in [-0.25, -0.2) is 9.59 Å². The monoisotopic (exact) mass is 232 g/mol. The van der Waals surface area contributed by atoms with Crippen LogP contribution in [0.2, 0.25) is 0 Å². The maximum absolute atomic E-state index is 11.4. The molecule has 1 atom stereocenters. The largest absolute Gasteiger partial charge is 0.479 e. The summed E-state index contributed by atoms with van der Waals surface area (Å²) >= 11 is 0. The molecule has 0 saturated carbocycles. The van der Waals surface area contributed by atoms with Gasteiger partial charge in [-0.15, -0.1) is 0 Å². The van der Waals surface area contributed by atoms with Crippen LogP contribution >= 0.6 is 0 Å². The maximum Gasteiger partial charge on any atom is 0.340 e. The fraction of sp³-hybridized carbons (Fsp3) is 0.667. The zero-order chi connectivity index (χ0) is 12.9. The number of carbonyl (C=O) groups excluding carboxylic acids is 2. The molecule has 0 radical (unpaired) electrons. The average molecular weight is 232 g/mol. The van der Waals surface area contributed by atoms with Crippen molar-refractivity contribution in [2.75, 3.05) is 6.54 Å². The van der Waals surface area contributed by atoms with Gasteiger partial charge in [0.05, 0.1) is 6.54 Å². The van der Waals surface area contributed by atoms with Gasteiger partial charge in [-0.1, -0.05) is 0 Å².